The van der Waals surface area contributed by atoms with E-state index in [1.54, 1.807) is 0 Å². The first-order chi connectivity index (χ1) is 3.77. The quantitative estimate of drug-likeness (QED) is 0.414. The van der Waals surface area contributed by atoms with Crippen LogP contribution in [0.15, 0.2) is 0 Å². The van der Waals surface area contributed by atoms with E-state index in [0.717, 1.165) is 18.2 Å². The summed E-state index contributed by atoms with van der Waals surface area (Å²) in [6, 6.07) is 0. The Bertz CT molecular complexity index is 103. The Balaban J connectivity index is 2.94. The lowest BCUT2D eigenvalue weighted by molar-refractivity contribution is 0.611. The third-order valence-electron chi connectivity index (χ3n) is 0.724. The van der Waals surface area contributed by atoms with Crippen molar-refractivity contribution in [3.63, 3.8) is 0 Å². The van der Waals surface area contributed by atoms with Gasteiger partial charge in [-0.1, -0.05) is 15.9 Å². The average Bonchev–Trinajstić information content (AvgIpc) is 1.66. The fourth-order valence-corrected chi connectivity index (χ4v) is 1.21. The number of halogens is 1. The van der Waals surface area contributed by atoms with Crippen LogP contribution >= 0.6 is 15.9 Å². The van der Waals surface area contributed by atoms with Crippen LogP contribution in [0.3, 0.4) is 0 Å². The van der Waals surface area contributed by atoms with Crippen LogP contribution in [0.1, 0.15) is 12.8 Å². The van der Waals surface area contributed by atoms with Crippen LogP contribution in [0.5, 0.6) is 0 Å². The van der Waals surface area contributed by atoms with E-state index in [1.807, 2.05) is 0 Å². The molecule has 0 radical (unpaired) electrons. The van der Waals surface area contributed by atoms with Crippen molar-refractivity contribution >= 4 is 26.6 Å². The minimum absolute atomic E-state index is 0.334. The minimum Gasteiger partial charge on any atom is -0.232 e. The summed E-state index contributed by atoms with van der Waals surface area (Å²) in [6.07, 6.45) is 1.73. The van der Waals surface area contributed by atoms with E-state index in [0.29, 0.717) is 5.75 Å². The van der Waals surface area contributed by atoms with E-state index in [4.69, 9.17) is 0 Å². The molecule has 50 valence electrons. The lowest BCUT2D eigenvalue weighted by atomic mass is 10.4. The molecule has 0 aromatic rings. The summed E-state index contributed by atoms with van der Waals surface area (Å²) < 4.78 is 19.8. The Morgan fingerprint density at radius 2 is 1.88 bits per heavy atom. The Hall–Kier alpha value is 0.430. The highest BCUT2D eigenvalue weighted by Crippen LogP contribution is 1.92. The van der Waals surface area contributed by atoms with Crippen LogP contribution in [-0.2, 0) is 10.7 Å². The summed E-state index contributed by atoms with van der Waals surface area (Å²) in [4.78, 5) is 0. The lowest BCUT2D eigenvalue weighted by Crippen LogP contribution is -1.86. The smallest absolute Gasteiger partial charge is 0.140 e. The van der Waals surface area contributed by atoms with Crippen LogP contribution in [0.25, 0.3) is 0 Å². The van der Waals surface area contributed by atoms with Gasteiger partial charge in [0.05, 0.1) is 0 Å². The topological polar surface area (TPSA) is 34.1 Å². The zero-order valence-electron chi connectivity index (χ0n) is 4.47. The number of hydrogen-bond donors (Lipinski definition) is 1. The summed E-state index contributed by atoms with van der Waals surface area (Å²) in [5.41, 5.74) is 0. The second kappa shape index (κ2) is 5.56. The van der Waals surface area contributed by atoms with E-state index >= 15 is 0 Å². The van der Waals surface area contributed by atoms with Crippen LogP contribution in [0, 0.1) is 0 Å². The van der Waals surface area contributed by atoms with Crippen LogP contribution < -0.4 is 0 Å². The van der Waals surface area contributed by atoms with Crippen LogP contribution in [0.4, 0.5) is 0 Å². The van der Waals surface area contributed by atoms with Crippen molar-refractivity contribution in [3.8, 4) is 0 Å². The van der Waals surface area contributed by atoms with Gasteiger partial charge in [0.2, 0.25) is 0 Å². The molecule has 0 atom stereocenters. The maximum Gasteiger partial charge on any atom is 0.140 e. The highest BCUT2D eigenvalue weighted by molar-refractivity contribution is 9.09. The van der Waals surface area contributed by atoms with Gasteiger partial charge in [0.25, 0.3) is 0 Å². The van der Waals surface area contributed by atoms with Crippen molar-refractivity contribution < 1.29 is 8.42 Å². The highest BCUT2D eigenvalue weighted by Gasteiger charge is 1.85. The number of hydrogen-bond acceptors (Lipinski definition) is 2. The Morgan fingerprint density at radius 1 is 1.25 bits per heavy atom. The predicted molar refractivity (Wildman–Crippen MR) is 38.2 cm³/mol. The fraction of sp³-hybridized carbons (Fsp3) is 1.00. The second-order valence-electron chi connectivity index (χ2n) is 1.45. The molecule has 0 aromatic heterocycles. The highest BCUT2D eigenvalue weighted by atomic mass is 79.9. The molecule has 0 saturated heterocycles. The van der Waals surface area contributed by atoms with Gasteiger partial charge in [-0.15, -0.1) is 0 Å². The Labute approximate surface area is 59.4 Å². The molecule has 0 fully saturated rings. The van der Waals surface area contributed by atoms with Crippen LogP contribution in [0.2, 0.25) is 0 Å². The monoisotopic (exact) mass is 200 g/mol. The van der Waals surface area contributed by atoms with E-state index in [9.17, 15) is 8.42 Å². The van der Waals surface area contributed by atoms with Gasteiger partial charge in [0.1, 0.15) is 10.7 Å². The molecule has 0 spiro atoms. The molecule has 8 heavy (non-hydrogen) atoms. The van der Waals surface area contributed by atoms with Gasteiger partial charge in [-0.2, -0.15) is 0 Å². The molecule has 0 aliphatic heterocycles. The molecular weight excluding hydrogens is 192 g/mol. The van der Waals surface area contributed by atoms with Crippen molar-refractivity contribution in [1.29, 1.82) is 0 Å². The first-order valence-electron chi connectivity index (χ1n) is 2.45. The van der Waals surface area contributed by atoms with Crippen molar-refractivity contribution in [3.05, 3.63) is 0 Å². The van der Waals surface area contributed by atoms with Gasteiger partial charge in [-0.05, 0) is 12.8 Å². The summed E-state index contributed by atoms with van der Waals surface area (Å²) in [5, 5.41) is 0.899. The molecule has 0 aromatic carbocycles. The first kappa shape index (κ1) is 8.43. The van der Waals surface area contributed by atoms with Crippen molar-refractivity contribution in [1.82, 2.24) is 0 Å². The largest absolute Gasteiger partial charge is 0.232 e. The third-order valence-corrected chi connectivity index (χ3v) is 1.97. The molecule has 0 rings (SSSR count). The molecule has 0 aliphatic rings. The van der Waals surface area contributed by atoms with E-state index in [2.05, 4.69) is 15.9 Å². The van der Waals surface area contributed by atoms with Crippen molar-refractivity contribution in [2.24, 2.45) is 0 Å². The summed E-state index contributed by atoms with van der Waals surface area (Å²) >= 11 is 3.20. The Kier molecular flexibility index (Phi) is 5.86. The predicted octanol–water partition coefficient (Wildman–Crippen LogP) is 0.773. The molecule has 0 bridgehead atoms. The van der Waals surface area contributed by atoms with E-state index in [-0.39, 0.29) is 0 Å². The lowest BCUT2D eigenvalue weighted by Gasteiger charge is -1.85. The van der Waals surface area contributed by atoms with E-state index in [1.165, 1.54) is 0 Å². The molecule has 4 heteroatoms. The number of thiol groups is 1. The molecule has 0 saturated carbocycles. The van der Waals surface area contributed by atoms with Crippen molar-refractivity contribution in [2.45, 2.75) is 12.8 Å². The molecule has 0 aliphatic carbocycles. The molecule has 0 amide bonds. The molecular formula is C4H9BrO2S. The van der Waals surface area contributed by atoms with Gasteiger partial charge in [-0.25, -0.2) is 8.42 Å². The molecule has 0 N–H and O–H groups in total. The zero-order valence-corrected chi connectivity index (χ0v) is 6.95. The van der Waals surface area contributed by atoms with Gasteiger partial charge in [0.15, 0.2) is 0 Å². The summed E-state index contributed by atoms with van der Waals surface area (Å²) in [6.45, 7) is 0. The molecule has 0 heterocycles. The minimum atomic E-state index is -2.13. The van der Waals surface area contributed by atoms with E-state index < -0.39 is 10.7 Å². The normalized spacial score (nSPS) is 10.2. The third kappa shape index (κ3) is 6.43. The fourth-order valence-electron chi connectivity index (χ4n) is 0.335. The van der Waals surface area contributed by atoms with Gasteiger partial charge in [0, 0.05) is 11.1 Å². The zero-order chi connectivity index (χ0) is 6.41. The summed E-state index contributed by atoms with van der Waals surface area (Å²) in [5.74, 6) is 0.334. The van der Waals surface area contributed by atoms with Crippen molar-refractivity contribution in [2.75, 3.05) is 11.1 Å². The standard InChI is InChI=1S/C4H9BrO2S/c5-3-1-2-4-8(6)7/h8H,1-4H2. The SMILES string of the molecule is O=[SH](=O)CCCCBr. The second-order valence-corrected chi connectivity index (χ2v) is 3.36. The maximum atomic E-state index is 9.90. The molecule has 2 nitrogen and oxygen atoms in total. The Morgan fingerprint density at radius 3 is 2.25 bits per heavy atom. The molecule has 0 unspecified atom stereocenters. The van der Waals surface area contributed by atoms with Gasteiger partial charge >= 0.3 is 0 Å². The average molecular weight is 201 g/mol. The maximum absolute atomic E-state index is 9.90. The summed E-state index contributed by atoms with van der Waals surface area (Å²) in [7, 11) is -2.13. The number of alkyl halides is 1. The van der Waals surface area contributed by atoms with Crippen LogP contribution in [-0.4, -0.2) is 19.5 Å². The number of unbranched alkanes of at least 4 members (excludes halogenated alkanes) is 1. The first-order valence-corrected chi connectivity index (χ1v) is 4.93. The van der Waals surface area contributed by atoms with Gasteiger partial charge in [-0.3, -0.25) is 0 Å². The van der Waals surface area contributed by atoms with Gasteiger partial charge < -0.3 is 0 Å². The number of rotatable bonds is 4.